The van der Waals surface area contributed by atoms with Gasteiger partial charge in [-0.1, -0.05) is 6.07 Å². The van der Waals surface area contributed by atoms with Crippen LogP contribution in [0.3, 0.4) is 0 Å². The number of amides is 1. The lowest BCUT2D eigenvalue weighted by molar-refractivity contribution is -0.384. The van der Waals surface area contributed by atoms with Gasteiger partial charge in [-0.25, -0.2) is 4.39 Å². The zero-order valence-electron chi connectivity index (χ0n) is 12.5. The highest BCUT2D eigenvalue weighted by molar-refractivity contribution is 6.07. The molecule has 0 aromatic heterocycles. The first-order chi connectivity index (χ1) is 11.0. The molecule has 1 heterocycles. The Kier molecular flexibility index (Phi) is 3.82. The second-order valence-electron chi connectivity index (χ2n) is 5.64. The SMILES string of the molecule is CC1CCc2cc(F)ccc2N1C(=O)c1cccc([N+](=O)[O-])c1. The van der Waals surface area contributed by atoms with Crippen LogP contribution in [0.25, 0.3) is 0 Å². The number of hydrogen-bond donors (Lipinski definition) is 0. The lowest BCUT2D eigenvalue weighted by Crippen LogP contribution is -2.42. The van der Waals surface area contributed by atoms with Crippen LogP contribution in [0.1, 0.15) is 29.3 Å². The number of rotatable bonds is 2. The molecule has 3 rings (SSSR count). The van der Waals surface area contributed by atoms with Crippen LogP contribution in [0, 0.1) is 15.9 Å². The van der Waals surface area contributed by atoms with Crippen molar-refractivity contribution in [2.45, 2.75) is 25.8 Å². The highest BCUT2D eigenvalue weighted by atomic mass is 19.1. The van der Waals surface area contributed by atoms with Gasteiger partial charge in [-0.2, -0.15) is 0 Å². The Balaban J connectivity index is 2.02. The first kappa shape index (κ1) is 15.1. The second kappa shape index (κ2) is 5.79. The van der Waals surface area contributed by atoms with Crippen molar-refractivity contribution in [1.82, 2.24) is 0 Å². The Morgan fingerprint density at radius 3 is 2.83 bits per heavy atom. The van der Waals surface area contributed by atoms with Crippen molar-refractivity contribution in [1.29, 1.82) is 0 Å². The van der Waals surface area contributed by atoms with E-state index in [9.17, 15) is 19.3 Å². The molecule has 1 unspecified atom stereocenters. The molecule has 0 aliphatic carbocycles. The number of fused-ring (bicyclic) bond motifs is 1. The first-order valence-corrected chi connectivity index (χ1v) is 7.34. The van der Waals surface area contributed by atoms with E-state index >= 15 is 0 Å². The molecule has 0 N–H and O–H groups in total. The molecule has 1 atom stereocenters. The van der Waals surface area contributed by atoms with Crippen LogP contribution in [0.2, 0.25) is 0 Å². The van der Waals surface area contributed by atoms with E-state index in [2.05, 4.69) is 0 Å². The van der Waals surface area contributed by atoms with Crippen LogP contribution in [0.4, 0.5) is 15.8 Å². The van der Waals surface area contributed by atoms with Gasteiger partial charge in [0.25, 0.3) is 11.6 Å². The van der Waals surface area contributed by atoms with Gasteiger partial charge in [0.1, 0.15) is 5.82 Å². The summed E-state index contributed by atoms with van der Waals surface area (Å²) in [6.45, 7) is 1.92. The molecule has 0 bridgehead atoms. The second-order valence-corrected chi connectivity index (χ2v) is 5.64. The highest BCUT2D eigenvalue weighted by Gasteiger charge is 2.29. The van der Waals surface area contributed by atoms with Gasteiger partial charge in [-0.3, -0.25) is 14.9 Å². The molecule has 1 aliphatic heterocycles. The van der Waals surface area contributed by atoms with Crippen LogP contribution in [-0.2, 0) is 6.42 Å². The van der Waals surface area contributed by atoms with Gasteiger partial charge < -0.3 is 4.90 Å². The topological polar surface area (TPSA) is 63.5 Å². The summed E-state index contributed by atoms with van der Waals surface area (Å²) in [7, 11) is 0. The number of hydrogen-bond acceptors (Lipinski definition) is 3. The summed E-state index contributed by atoms with van der Waals surface area (Å²) in [5, 5.41) is 10.9. The lowest BCUT2D eigenvalue weighted by atomic mass is 9.95. The molecule has 0 saturated heterocycles. The number of benzene rings is 2. The molecule has 0 fully saturated rings. The molecule has 5 nitrogen and oxygen atoms in total. The number of nitro groups is 1. The third-order valence-electron chi connectivity index (χ3n) is 4.10. The smallest absolute Gasteiger partial charge is 0.270 e. The number of halogens is 1. The maximum absolute atomic E-state index is 13.4. The molecular weight excluding hydrogens is 299 g/mol. The van der Waals surface area contributed by atoms with Crippen molar-refractivity contribution in [2.75, 3.05) is 4.90 Å². The highest BCUT2D eigenvalue weighted by Crippen LogP contribution is 2.32. The largest absolute Gasteiger partial charge is 0.305 e. The summed E-state index contributed by atoms with van der Waals surface area (Å²) in [6, 6.07) is 9.97. The standard InChI is InChI=1S/C17H15FN2O3/c1-11-5-6-12-9-14(18)7-8-16(12)19(11)17(21)13-3-2-4-15(10-13)20(22)23/h2-4,7-11H,5-6H2,1H3. The maximum atomic E-state index is 13.4. The van der Waals surface area contributed by atoms with Gasteiger partial charge in [-0.15, -0.1) is 0 Å². The maximum Gasteiger partial charge on any atom is 0.270 e. The third kappa shape index (κ3) is 2.79. The predicted octanol–water partition coefficient (Wildman–Crippen LogP) is 3.72. The fourth-order valence-corrected chi connectivity index (χ4v) is 2.92. The van der Waals surface area contributed by atoms with E-state index in [1.165, 1.54) is 30.3 Å². The minimum absolute atomic E-state index is 0.0558. The Hall–Kier alpha value is -2.76. The molecule has 23 heavy (non-hydrogen) atoms. The Bertz CT molecular complexity index is 791. The Morgan fingerprint density at radius 2 is 2.09 bits per heavy atom. The van der Waals surface area contributed by atoms with E-state index in [0.717, 1.165) is 12.0 Å². The van der Waals surface area contributed by atoms with Crippen LogP contribution in [-0.4, -0.2) is 16.9 Å². The van der Waals surface area contributed by atoms with Gasteiger partial charge in [0.15, 0.2) is 0 Å². The summed E-state index contributed by atoms with van der Waals surface area (Å²) >= 11 is 0. The number of carbonyl (C=O) groups excluding carboxylic acids is 1. The molecule has 1 amide bonds. The number of aryl methyl sites for hydroxylation is 1. The molecular formula is C17H15FN2O3. The Labute approximate surface area is 132 Å². The normalized spacial score (nSPS) is 16.8. The molecule has 2 aromatic rings. The van der Waals surface area contributed by atoms with Crippen molar-refractivity contribution in [3.8, 4) is 0 Å². The third-order valence-corrected chi connectivity index (χ3v) is 4.10. The molecule has 0 radical (unpaired) electrons. The minimum atomic E-state index is -0.528. The molecule has 6 heteroatoms. The Morgan fingerprint density at radius 1 is 1.30 bits per heavy atom. The van der Waals surface area contributed by atoms with E-state index in [-0.39, 0.29) is 29.0 Å². The first-order valence-electron chi connectivity index (χ1n) is 7.34. The van der Waals surface area contributed by atoms with Crippen LogP contribution in [0.15, 0.2) is 42.5 Å². The fraction of sp³-hybridized carbons (Fsp3) is 0.235. The quantitative estimate of drug-likeness (QED) is 0.627. The number of anilines is 1. The van der Waals surface area contributed by atoms with Gasteiger partial charge in [0.05, 0.1) is 4.92 Å². The van der Waals surface area contributed by atoms with E-state index in [1.54, 1.807) is 17.0 Å². The van der Waals surface area contributed by atoms with Crippen molar-refractivity contribution in [3.05, 3.63) is 69.5 Å². The van der Waals surface area contributed by atoms with Gasteiger partial charge in [-0.05, 0) is 49.6 Å². The summed E-state index contributed by atoms with van der Waals surface area (Å²) in [5.74, 6) is -0.644. The van der Waals surface area contributed by atoms with Crippen molar-refractivity contribution >= 4 is 17.3 Å². The summed E-state index contributed by atoms with van der Waals surface area (Å²) < 4.78 is 13.4. The number of nitro benzene ring substituents is 1. The molecule has 0 saturated carbocycles. The zero-order chi connectivity index (χ0) is 16.6. The monoisotopic (exact) mass is 314 g/mol. The average Bonchev–Trinajstić information content (AvgIpc) is 2.54. The van der Waals surface area contributed by atoms with E-state index in [0.29, 0.717) is 12.1 Å². The minimum Gasteiger partial charge on any atom is -0.305 e. The van der Waals surface area contributed by atoms with Crippen LogP contribution < -0.4 is 4.90 Å². The van der Waals surface area contributed by atoms with Gasteiger partial charge in [0.2, 0.25) is 0 Å². The lowest BCUT2D eigenvalue weighted by Gasteiger charge is -2.35. The van der Waals surface area contributed by atoms with Crippen molar-refractivity contribution in [3.63, 3.8) is 0 Å². The van der Waals surface area contributed by atoms with Crippen LogP contribution >= 0.6 is 0 Å². The molecule has 0 spiro atoms. The molecule has 1 aliphatic rings. The fourth-order valence-electron chi connectivity index (χ4n) is 2.92. The number of nitrogens with zero attached hydrogens (tertiary/aromatic N) is 2. The predicted molar refractivity (Wildman–Crippen MR) is 84.1 cm³/mol. The average molecular weight is 314 g/mol. The zero-order valence-corrected chi connectivity index (χ0v) is 12.5. The van der Waals surface area contributed by atoms with Crippen molar-refractivity contribution in [2.24, 2.45) is 0 Å². The molecule has 118 valence electrons. The summed E-state index contributed by atoms with van der Waals surface area (Å²) in [6.07, 6.45) is 1.42. The summed E-state index contributed by atoms with van der Waals surface area (Å²) in [5.41, 5.74) is 1.58. The van der Waals surface area contributed by atoms with E-state index in [1.807, 2.05) is 6.92 Å². The summed E-state index contributed by atoms with van der Waals surface area (Å²) in [4.78, 5) is 24.8. The van der Waals surface area contributed by atoms with Crippen LogP contribution in [0.5, 0.6) is 0 Å². The van der Waals surface area contributed by atoms with Gasteiger partial charge >= 0.3 is 0 Å². The van der Waals surface area contributed by atoms with E-state index in [4.69, 9.17) is 0 Å². The van der Waals surface area contributed by atoms with Gasteiger partial charge in [0, 0.05) is 29.4 Å². The number of carbonyl (C=O) groups is 1. The number of non-ortho nitro benzene ring substituents is 1. The van der Waals surface area contributed by atoms with E-state index < -0.39 is 4.92 Å². The van der Waals surface area contributed by atoms with Crippen molar-refractivity contribution < 1.29 is 14.1 Å². The molecule has 2 aromatic carbocycles.